The molecule has 0 radical (unpaired) electrons. The van der Waals surface area contributed by atoms with Gasteiger partial charge in [0.15, 0.2) is 17.0 Å². The quantitative estimate of drug-likeness (QED) is 0.421. The summed E-state index contributed by atoms with van der Waals surface area (Å²) < 4.78 is 7.07. The number of benzene rings is 2. The van der Waals surface area contributed by atoms with Crippen LogP contribution in [0.3, 0.4) is 0 Å². The van der Waals surface area contributed by atoms with Gasteiger partial charge < -0.3 is 15.0 Å². The summed E-state index contributed by atoms with van der Waals surface area (Å²) in [5.74, 6) is 1.12. The van der Waals surface area contributed by atoms with E-state index < -0.39 is 0 Å². The van der Waals surface area contributed by atoms with Crippen LogP contribution in [0.25, 0.3) is 16.9 Å². The number of fused-ring (bicyclic) bond motifs is 1. The Morgan fingerprint density at radius 3 is 2.40 bits per heavy atom. The van der Waals surface area contributed by atoms with Gasteiger partial charge in [-0.05, 0) is 24.6 Å². The molecule has 2 N–H and O–H groups in total. The van der Waals surface area contributed by atoms with Gasteiger partial charge in [0.25, 0.3) is 0 Å². The number of anilines is 2. The lowest BCUT2D eigenvalue weighted by atomic mass is 10.2. The summed E-state index contributed by atoms with van der Waals surface area (Å²) in [5, 5.41) is 5.44. The standard InChI is InChI=1S/C25H28N8O2/c1-2-35-25(34)31-13-15-32(16-14-31)30-24-28-22(26-17-19-9-5-3-6-10-19)21-23(29-24)33(18-27-21)20-11-7-4-8-12-20/h3-12,18H,2,13-17H2,1H3,(H2,26,28,29,30). The summed E-state index contributed by atoms with van der Waals surface area (Å²) in [6.07, 6.45) is 1.49. The molecule has 1 fully saturated rings. The molecule has 10 nitrogen and oxygen atoms in total. The van der Waals surface area contributed by atoms with Gasteiger partial charge in [0, 0.05) is 38.4 Å². The van der Waals surface area contributed by atoms with Crippen LogP contribution in [-0.2, 0) is 11.3 Å². The normalized spacial score (nSPS) is 14.1. The number of imidazole rings is 1. The van der Waals surface area contributed by atoms with Crippen molar-refractivity contribution in [2.24, 2.45) is 0 Å². The minimum atomic E-state index is -0.274. The van der Waals surface area contributed by atoms with Gasteiger partial charge in [-0.25, -0.2) is 14.8 Å². The van der Waals surface area contributed by atoms with Gasteiger partial charge >= 0.3 is 6.09 Å². The van der Waals surface area contributed by atoms with Gasteiger partial charge in [-0.2, -0.15) is 9.97 Å². The number of ether oxygens (including phenoxy) is 1. The Balaban J connectivity index is 1.40. The van der Waals surface area contributed by atoms with Crippen molar-refractivity contribution in [1.82, 2.24) is 29.4 Å². The van der Waals surface area contributed by atoms with Gasteiger partial charge in [0.2, 0.25) is 5.95 Å². The smallest absolute Gasteiger partial charge is 0.409 e. The molecule has 4 aromatic rings. The second-order valence-electron chi connectivity index (χ2n) is 8.14. The molecule has 0 atom stereocenters. The number of nitrogens with one attached hydrogen (secondary N) is 2. The number of para-hydroxylation sites is 1. The van der Waals surface area contributed by atoms with E-state index in [1.54, 1.807) is 11.2 Å². The Kier molecular flexibility index (Phi) is 6.71. The molecule has 10 heteroatoms. The van der Waals surface area contributed by atoms with Crippen LogP contribution in [-0.4, -0.2) is 68.3 Å². The molecule has 2 aromatic heterocycles. The molecule has 1 aliphatic rings. The zero-order chi connectivity index (χ0) is 24.0. The zero-order valence-corrected chi connectivity index (χ0v) is 19.6. The van der Waals surface area contributed by atoms with Crippen LogP contribution < -0.4 is 10.7 Å². The molecule has 0 saturated carbocycles. The molecular formula is C25H28N8O2. The summed E-state index contributed by atoms with van der Waals surface area (Å²) >= 11 is 0. The third-order valence-corrected chi connectivity index (χ3v) is 5.80. The molecular weight excluding hydrogens is 444 g/mol. The number of amides is 1. The third kappa shape index (κ3) is 5.17. The molecule has 0 spiro atoms. The first kappa shape index (κ1) is 22.6. The van der Waals surface area contributed by atoms with Crippen LogP contribution in [0.1, 0.15) is 12.5 Å². The fourth-order valence-corrected chi connectivity index (χ4v) is 3.99. The fourth-order valence-electron chi connectivity index (χ4n) is 3.99. The second kappa shape index (κ2) is 10.4. The van der Waals surface area contributed by atoms with Gasteiger partial charge in [-0.1, -0.05) is 48.5 Å². The van der Waals surface area contributed by atoms with Gasteiger partial charge in [-0.3, -0.25) is 9.99 Å². The predicted octanol–water partition coefficient (Wildman–Crippen LogP) is 3.53. The van der Waals surface area contributed by atoms with Crippen molar-refractivity contribution in [1.29, 1.82) is 0 Å². The van der Waals surface area contributed by atoms with E-state index in [0.29, 0.717) is 62.3 Å². The Morgan fingerprint density at radius 2 is 1.69 bits per heavy atom. The Morgan fingerprint density at radius 1 is 0.971 bits per heavy atom. The average Bonchev–Trinajstić information content (AvgIpc) is 3.33. The first-order valence-corrected chi connectivity index (χ1v) is 11.7. The fraction of sp³-hybridized carbons (Fsp3) is 0.280. The van der Waals surface area contributed by atoms with Crippen molar-refractivity contribution < 1.29 is 9.53 Å². The number of aromatic nitrogens is 4. The van der Waals surface area contributed by atoms with Crippen molar-refractivity contribution in [3.05, 3.63) is 72.6 Å². The zero-order valence-electron chi connectivity index (χ0n) is 19.6. The highest BCUT2D eigenvalue weighted by Crippen LogP contribution is 2.24. The molecule has 5 rings (SSSR count). The summed E-state index contributed by atoms with van der Waals surface area (Å²) in [7, 11) is 0. The van der Waals surface area contributed by atoms with Crippen LogP contribution in [0.4, 0.5) is 16.6 Å². The predicted molar refractivity (Wildman–Crippen MR) is 134 cm³/mol. The SMILES string of the molecule is CCOC(=O)N1CCN(Nc2nc(NCc3ccccc3)c3ncn(-c4ccccc4)c3n2)CC1. The number of hydrazine groups is 1. The minimum absolute atomic E-state index is 0.274. The summed E-state index contributed by atoms with van der Waals surface area (Å²) in [5.41, 5.74) is 6.84. The van der Waals surface area contributed by atoms with Crippen molar-refractivity contribution >= 4 is 29.0 Å². The van der Waals surface area contributed by atoms with Crippen LogP contribution in [0.15, 0.2) is 67.0 Å². The summed E-state index contributed by atoms with van der Waals surface area (Å²) in [6.45, 7) is 5.19. The van der Waals surface area contributed by atoms with E-state index in [1.807, 2.05) is 65.0 Å². The number of carbonyl (C=O) groups excluding carboxylic acids is 1. The molecule has 2 aromatic carbocycles. The number of rotatable bonds is 7. The number of hydrogen-bond acceptors (Lipinski definition) is 8. The molecule has 180 valence electrons. The molecule has 0 unspecified atom stereocenters. The lowest BCUT2D eigenvalue weighted by Crippen LogP contribution is -2.50. The highest BCUT2D eigenvalue weighted by molar-refractivity contribution is 5.85. The van der Waals surface area contributed by atoms with E-state index in [2.05, 4.69) is 27.9 Å². The number of nitrogens with zero attached hydrogens (tertiary/aromatic N) is 6. The maximum Gasteiger partial charge on any atom is 0.409 e. The van der Waals surface area contributed by atoms with Crippen LogP contribution >= 0.6 is 0 Å². The maximum absolute atomic E-state index is 12.0. The largest absolute Gasteiger partial charge is 0.450 e. The summed E-state index contributed by atoms with van der Waals surface area (Å²) in [6, 6.07) is 20.1. The topological polar surface area (TPSA) is 100 Å². The first-order chi connectivity index (χ1) is 17.2. The Hall–Kier alpha value is -4.18. The van der Waals surface area contributed by atoms with Crippen molar-refractivity contribution in [3.8, 4) is 5.69 Å². The molecule has 35 heavy (non-hydrogen) atoms. The molecule has 0 aliphatic carbocycles. The van der Waals surface area contributed by atoms with Crippen molar-refractivity contribution in [2.45, 2.75) is 13.5 Å². The summed E-state index contributed by atoms with van der Waals surface area (Å²) in [4.78, 5) is 27.9. The Labute approximate surface area is 203 Å². The van der Waals surface area contributed by atoms with Gasteiger partial charge in [0.05, 0.1) is 6.61 Å². The molecule has 1 amide bonds. The second-order valence-corrected chi connectivity index (χ2v) is 8.14. The van der Waals surface area contributed by atoms with E-state index >= 15 is 0 Å². The first-order valence-electron chi connectivity index (χ1n) is 11.7. The molecule has 0 bridgehead atoms. The average molecular weight is 473 g/mol. The van der Waals surface area contributed by atoms with E-state index in [4.69, 9.17) is 14.7 Å². The van der Waals surface area contributed by atoms with Crippen LogP contribution in [0, 0.1) is 0 Å². The number of carbonyl (C=O) groups is 1. The van der Waals surface area contributed by atoms with E-state index in [-0.39, 0.29) is 6.09 Å². The number of piperazine rings is 1. The maximum atomic E-state index is 12.0. The highest BCUT2D eigenvalue weighted by atomic mass is 16.6. The molecule has 3 heterocycles. The van der Waals surface area contributed by atoms with Crippen molar-refractivity contribution in [2.75, 3.05) is 43.5 Å². The number of hydrogen-bond donors (Lipinski definition) is 2. The Bertz CT molecular complexity index is 1270. The van der Waals surface area contributed by atoms with Crippen LogP contribution in [0.2, 0.25) is 0 Å². The van der Waals surface area contributed by atoms with Crippen LogP contribution in [0.5, 0.6) is 0 Å². The van der Waals surface area contributed by atoms with E-state index in [1.165, 1.54) is 0 Å². The lowest BCUT2D eigenvalue weighted by Gasteiger charge is -2.33. The monoisotopic (exact) mass is 472 g/mol. The lowest BCUT2D eigenvalue weighted by molar-refractivity contribution is 0.0851. The van der Waals surface area contributed by atoms with Gasteiger partial charge in [0.1, 0.15) is 6.33 Å². The third-order valence-electron chi connectivity index (χ3n) is 5.80. The molecule has 1 aliphatic heterocycles. The van der Waals surface area contributed by atoms with E-state index in [9.17, 15) is 4.79 Å². The van der Waals surface area contributed by atoms with E-state index in [0.717, 1.165) is 11.3 Å². The highest BCUT2D eigenvalue weighted by Gasteiger charge is 2.23. The van der Waals surface area contributed by atoms with Gasteiger partial charge in [-0.15, -0.1) is 0 Å². The van der Waals surface area contributed by atoms with Crippen molar-refractivity contribution in [3.63, 3.8) is 0 Å². The molecule has 1 saturated heterocycles. The minimum Gasteiger partial charge on any atom is -0.450 e.